The predicted octanol–water partition coefficient (Wildman–Crippen LogP) is 2.97. The van der Waals surface area contributed by atoms with E-state index in [0.29, 0.717) is 24.7 Å². The standard InChI is InChI=1S/C18H25N3O3.ClH/c19-15-10-13-4-2-5-14(11-15)18(13)20-17(22)8-7-12-3-1-6-16(9-12)21(23)24;/h1,3,6,9,13-15,18H,2,4-5,7-8,10-11,19H2,(H,20,22);1H. The van der Waals surface area contributed by atoms with Crippen LogP contribution in [-0.4, -0.2) is 22.9 Å². The van der Waals surface area contributed by atoms with Crippen molar-refractivity contribution in [3.8, 4) is 0 Å². The molecule has 3 N–H and O–H groups in total. The lowest BCUT2D eigenvalue weighted by molar-refractivity contribution is -0.384. The van der Waals surface area contributed by atoms with Crippen molar-refractivity contribution in [3.63, 3.8) is 0 Å². The minimum absolute atomic E-state index is 0. The third kappa shape index (κ3) is 4.92. The SMILES string of the molecule is Cl.NC1CC2CCCC(C1)C2NC(=O)CCc1cccc([N+](=O)[O-])c1. The number of nitrogens with zero attached hydrogens (tertiary/aromatic N) is 1. The number of nitro benzene ring substituents is 1. The summed E-state index contributed by atoms with van der Waals surface area (Å²) in [6.45, 7) is 0. The Kier molecular flexibility index (Phi) is 6.79. The van der Waals surface area contributed by atoms with Gasteiger partial charge in [-0.25, -0.2) is 0 Å². The molecule has 0 aliphatic heterocycles. The Labute approximate surface area is 154 Å². The molecule has 2 unspecified atom stereocenters. The molecule has 2 bridgehead atoms. The van der Waals surface area contributed by atoms with Gasteiger partial charge in [-0.3, -0.25) is 14.9 Å². The first-order chi connectivity index (χ1) is 11.5. The Morgan fingerprint density at radius 1 is 1.28 bits per heavy atom. The van der Waals surface area contributed by atoms with Crippen molar-refractivity contribution in [2.75, 3.05) is 0 Å². The molecule has 1 amide bonds. The fourth-order valence-corrected chi connectivity index (χ4v) is 4.37. The lowest BCUT2D eigenvalue weighted by Gasteiger charge is -2.45. The molecule has 0 spiro atoms. The largest absolute Gasteiger partial charge is 0.353 e. The molecule has 25 heavy (non-hydrogen) atoms. The van der Waals surface area contributed by atoms with E-state index in [9.17, 15) is 14.9 Å². The molecule has 7 heteroatoms. The summed E-state index contributed by atoms with van der Waals surface area (Å²) in [6, 6.07) is 7.04. The van der Waals surface area contributed by atoms with Crippen LogP contribution in [0, 0.1) is 22.0 Å². The van der Waals surface area contributed by atoms with Gasteiger partial charge in [-0.05, 0) is 49.5 Å². The summed E-state index contributed by atoms with van der Waals surface area (Å²) in [5, 5.41) is 14.0. The summed E-state index contributed by atoms with van der Waals surface area (Å²) in [4.78, 5) is 22.7. The number of nitro groups is 1. The summed E-state index contributed by atoms with van der Waals surface area (Å²) < 4.78 is 0. The maximum absolute atomic E-state index is 12.3. The van der Waals surface area contributed by atoms with Crippen molar-refractivity contribution >= 4 is 24.0 Å². The Morgan fingerprint density at radius 3 is 2.60 bits per heavy atom. The zero-order chi connectivity index (χ0) is 17.1. The molecule has 2 saturated carbocycles. The highest BCUT2D eigenvalue weighted by Gasteiger charge is 2.39. The molecule has 6 nitrogen and oxygen atoms in total. The van der Waals surface area contributed by atoms with E-state index in [-0.39, 0.29) is 36.1 Å². The van der Waals surface area contributed by atoms with Crippen LogP contribution in [0.15, 0.2) is 24.3 Å². The third-order valence-electron chi connectivity index (χ3n) is 5.47. The van der Waals surface area contributed by atoms with Crippen molar-refractivity contribution in [2.24, 2.45) is 17.6 Å². The molecule has 0 radical (unpaired) electrons. The summed E-state index contributed by atoms with van der Waals surface area (Å²) in [6.07, 6.45) is 6.44. The normalized spacial score (nSPS) is 27.9. The molecular formula is C18H26ClN3O3. The molecule has 0 aromatic heterocycles. The number of non-ortho nitro benzene ring substituents is 1. The van der Waals surface area contributed by atoms with Crippen molar-refractivity contribution in [1.82, 2.24) is 5.32 Å². The zero-order valence-corrected chi connectivity index (χ0v) is 15.0. The van der Waals surface area contributed by atoms with Crippen LogP contribution in [0.2, 0.25) is 0 Å². The van der Waals surface area contributed by atoms with Gasteiger partial charge in [0.05, 0.1) is 4.92 Å². The molecule has 0 saturated heterocycles. The highest BCUT2D eigenvalue weighted by atomic mass is 35.5. The lowest BCUT2D eigenvalue weighted by Crippen LogP contribution is -2.53. The summed E-state index contributed by atoms with van der Waals surface area (Å²) >= 11 is 0. The number of rotatable bonds is 5. The predicted molar refractivity (Wildman–Crippen MR) is 98.6 cm³/mol. The fraction of sp³-hybridized carbons (Fsp3) is 0.611. The fourth-order valence-electron chi connectivity index (χ4n) is 4.37. The van der Waals surface area contributed by atoms with Gasteiger partial charge >= 0.3 is 0 Å². The highest BCUT2D eigenvalue weighted by molar-refractivity contribution is 5.85. The average Bonchev–Trinajstić information content (AvgIpc) is 2.54. The quantitative estimate of drug-likeness (QED) is 0.617. The Balaban J connectivity index is 0.00000225. The summed E-state index contributed by atoms with van der Waals surface area (Å²) in [5.41, 5.74) is 7.02. The van der Waals surface area contributed by atoms with Gasteiger partial charge in [0.15, 0.2) is 0 Å². The number of fused-ring (bicyclic) bond motifs is 2. The van der Waals surface area contributed by atoms with E-state index in [0.717, 1.165) is 31.2 Å². The zero-order valence-electron chi connectivity index (χ0n) is 14.2. The molecule has 138 valence electrons. The average molecular weight is 368 g/mol. The number of amides is 1. The first-order valence-electron chi connectivity index (χ1n) is 8.81. The molecule has 2 fully saturated rings. The second-order valence-electron chi connectivity index (χ2n) is 7.20. The van der Waals surface area contributed by atoms with Gasteiger partial charge in [0.1, 0.15) is 0 Å². The lowest BCUT2D eigenvalue weighted by atomic mass is 9.67. The number of benzene rings is 1. The summed E-state index contributed by atoms with van der Waals surface area (Å²) in [5.74, 6) is 1.06. The van der Waals surface area contributed by atoms with E-state index >= 15 is 0 Å². The van der Waals surface area contributed by atoms with Crippen LogP contribution < -0.4 is 11.1 Å². The third-order valence-corrected chi connectivity index (χ3v) is 5.47. The van der Waals surface area contributed by atoms with Gasteiger partial charge in [-0.2, -0.15) is 0 Å². The van der Waals surface area contributed by atoms with E-state index < -0.39 is 4.92 Å². The molecular weight excluding hydrogens is 342 g/mol. The van der Waals surface area contributed by atoms with Crippen LogP contribution in [0.1, 0.15) is 44.1 Å². The van der Waals surface area contributed by atoms with E-state index in [1.54, 1.807) is 12.1 Å². The van der Waals surface area contributed by atoms with Gasteiger partial charge in [-0.1, -0.05) is 18.6 Å². The van der Waals surface area contributed by atoms with Crippen molar-refractivity contribution in [2.45, 2.75) is 57.0 Å². The van der Waals surface area contributed by atoms with Crippen LogP contribution in [-0.2, 0) is 11.2 Å². The van der Waals surface area contributed by atoms with Crippen molar-refractivity contribution in [3.05, 3.63) is 39.9 Å². The molecule has 2 aliphatic carbocycles. The maximum Gasteiger partial charge on any atom is 0.269 e. The Hall–Kier alpha value is -1.66. The van der Waals surface area contributed by atoms with Crippen LogP contribution in [0.4, 0.5) is 5.69 Å². The smallest absolute Gasteiger partial charge is 0.269 e. The van der Waals surface area contributed by atoms with E-state index in [4.69, 9.17) is 5.73 Å². The number of carbonyl (C=O) groups excluding carboxylic acids is 1. The van der Waals surface area contributed by atoms with Crippen LogP contribution in [0.3, 0.4) is 0 Å². The van der Waals surface area contributed by atoms with Gasteiger partial charge in [0.2, 0.25) is 5.91 Å². The van der Waals surface area contributed by atoms with Crippen molar-refractivity contribution < 1.29 is 9.72 Å². The first-order valence-corrected chi connectivity index (χ1v) is 8.81. The monoisotopic (exact) mass is 367 g/mol. The van der Waals surface area contributed by atoms with Gasteiger partial charge in [-0.15, -0.1) is 12.4 Å². The molecule has 0 heterocycles. The van der Waals surface area contributed by atoms with E-state index in [1.165, 1.54) is 12.5 Å². The number of hydrogen-bond acceptors (Lipinski definition) is 4. The number of aryl methyl sites for hydroxylation is 1. The minimum Gasteiger partial charge on any atom is -0.353 e. The highest BCUT2D eigenvalue weighted by Crippen LogP contribution is 2.39. The second kappa shape index (κ2) is 8.63. The number of nitrogens with one attached hydrogen (secondary N) is 1. The Morgan fingerprint density at radius 2 is 1.96 bits per heavy atom. The second-order valence-corrected chi connectivity index (χ2v) is 7.20. The maximum atomic E-state index is 12.3. The van der Waals surface area contributed by atoms with E-state index in [1.807, 2.05) is 6.07 Å². The van der Waals surface area contributed by atoms with Gasteiger partial charge in [0, 0.05) is 30.6 Å². The number of halogens is 1. The van der Waals surface area contributed by atoms with Gasteiger partial charge < -0.3 is 11.1 Å². The summed E-state index contributed by atoms with van der Waals surface area (Å²) in [7, 11) is 0. The van der Waals surface area contributed by atoms with Crippen LogP contribution >= 0.6 is 12.4 Å². The van der Waals surface area contributed by atoms with Gasteiger partial charge in [0.25, 0.3) is 5.69 Å². The molecule has 2 atom stereocenters. The Bertz CT molecular complexity index is 611. The van der Waals surface area contributed by atoms with Crippen LogP contribution in [0.5, 0.6) is 0 Å². The molecule has 3 rings (SSSR count). The molecule has 2 aliphatic rings. The molecule has 1 aromatic rings. The number of hydrogen-bond donors (Lipinski definition) is 2. The van der Waals surface area contributed by atoms with E-state index in [2.05, 4.69) is 5.32 Å². The number of nitrogens with two attached hydrogens (primary N) is 1. The first kappa shape index (κ1) is 19.7. The topological polar surface area (TPSA) is 98.3 Å². The molecule has 1 aromatic carbocycles. The van der Waals surface area contributed by atoms with Crippen LogP contribution in [0.25, 0.3) is 0 Å². The minimum atomic E-state index is -0.407. The number of carbonyl (C=O) groups is 1. The van der Waals surface area contributed by atoms with Crippen molar-refractivity contribution in [1.29, 1.82) is 0 Å².